The van der Waals surface area contributed by atoms with Gasteiger partial charge < -0.3 is 14.6 Å². The molecular weight excluding hydrogens is 449 g/mol. The molecule has 2 atom stereocenters. The van der Waals surface area contributed by atoms with E-state index in [0.29, 0.717) is 11.1 Å². The maximum Gasteiger partial charge on any atom is 0.177 e. The highest BCUT2D eigenvalue weighted by molar-refractivity contribution is 7.75. The molecule has 2 N–H and O–H groups in total. The van der Waals surface area contributed by atoms with E-state index in [1.54, 1.807) is 0 Å². The Bertz CT molecular complexity index is 1330. The number of fused-ring (bicyclic) bond motifs is 2. The van der Waals surface area contributed by atoms with Crippen molar-refractivity contribution in [1.29, 1.82) is 0 Å². The zero-order valence-electron chi connectivity index (χ0n) is 18.1. The van der Waals surface area contributed by atoms with Crippen LogP contribution in [0.3, 0.4) is 0 Å². The second kappa shape index (κ2) is 9.33. The Morgan fingerprint density at radius 1 is 0.912 bits per heavy atom. The van der Waals surface area contributed by atoms with Gasteiger partial charge in [0.15, 0.2) is 5.78 Å². The number of carbonyl (C=O) groups is 1. The molecule has 5 rings (SSSR count). The highest BCUT2D eigenvalue weighted by atomic mass is 32.1. The molecule has 2 aliphatic rings. The highest BCUT2D eigenvalue weighted by Gasteiger charge is 2.45. The van der Waals surface area contributed by atoms with Crippen LogP contribution >= 0.6 is 12.9 Å². The number of aliphatic hydroxyl groups excluding tert-OH is 1. The third kappa shape index (κ3) is 3.95. The minimum atomic E-state index is -0.614. The molecule has 4 nitrogen and oxygen atoms in total. The van der Waals surface area contributed by atoms with Crippen LogP contribution in [0.25, 0.3) is 11.1 Å². The van der Waals surface area contributed by atoms with Crippen LogP contribution in [-0.2, 0) is 15.6 Å². The van der Waals surface area contributed by atoms with Gasteiger partial charge in [-0.3, -0.25) is 4.79 Å². The Morgan fingerprint density at radius 2 is 1.59 bits per heavy atom. The summed E-state index contributed by atoms with van der Waals surface area (Å²) in [5.74, 6) is -1.35. The first-order valence-electron chi connectivity index (χ1n) is 10.9. The first kappa shape index (κ1) is 22.2. The first-order valence-corrected chi connectivity index (χ1v) is 11.3. The smallest absolute Gasteiger partial charge is 0.177 e. The molecule has 2 aliphatic carbocycles. The summed E-state index contributed by atoms with van der Waals surface area (Å²) in [6, 6.07) is 22.4. The van der Waals surface area contributed by atoms with E-state index in [1.165, 1.54) is 24.3 Å². The Kier molecular flexibility index (Phi) is 6.09. The SMILES string of the molecule is O=C1C(c2ccc(F)cc2)=C(O)C2=CC=C(c3ccccc3COS)C1C2Nc1ccccc1. The average Bonchev–Trinajstić information content (AvgIpc) is 2.85. The van der Waals surface area contributed by atoms with Crippen molar-refractivity contribution in [2.75, 3.05) is 5.32 Å². The largest absolute Gasteiger partial charge is 0.507 e. The number of halogens is 1. The first-order chi connectivity index (χ1) is 16.6. The van der Waals surface area contributed by atoms with Gasteiger partial charge in [-0.05, 0) is 59.4 Å². The van der Waals surface area contributed by atoms with Crippen molar-refractivity contribution < 1.29 is 18.5 Å². The van der Waals surface area contributed by atoms with Gasteiger partial charge >= 0.3 is 0 Å². The van der Waals surface area contributed by atoms with Gasteiger partial charge in [-0.25, -0.2) is 4.39 Å². The summed E-state index contributed by atoms with van der Waals surface area (Å²) in [7, 11) is 0. The summed E-state index contributed by atoms with van der Waals surface area (Å²) in [5.41, 5.74) is 4.71. The zero-order chi connectivity index (χ0) is 23.7. The number of aliphatic hydroxyl groups is 1. The standard InChI is InChI=1S/C28H22FNO3S/c29-19-12-10-17(11-13-19)24-27(31)23-15-14-22(21-9-5-4-6-18(21)16-33-34)25(28(24)32)26(23)30-20-7-2-1-3-8-20/h1-15,25-26,30-31,34H,16H2. The van der Waals surface area contributed by atoms with Crippen LogP contribution < -0.4 is 5.32 Å². The summed E-state index contributed by atoms with van der Waals surface area (Å²) >= 11 is 3.92. The monoisotopic (exact) mass is 471 g/mol. The van der Waals surface area contributed by atoms with Gasteiger partial charge in [-0.15, -0.1) is 0 Å². The number of nitrogens with one attached hydrogen (secondary N) is 1. The number of para-hydroxylation sites is 1. The minimum absolute atomic E-state index is 0.0939. The molecule has 0 amide bonds. The van der Waals surface area contributed by atoms with Crippen molar-refractivity contribution in [3.63, 3.8) is 0 Å². The molecule has 0 saturated heterocycles. The van der Waals surface area contributed by atoms with Crippen LogP contribution in [0.4, 0.5) is 10.1 Å². The van der Waals surface area contributed by atoms with Crippen LogP contribution in [0.1, 0.15) is 16.7 Å². The number of thiol groups is 1. The number of ketones is 1. The third-order valence-corrected chi connectivity index (χ3v) is 6.39. The van der Waals surface area contributed by atoms with Gasteiger partial charge in [0, 0.05) is 11.3 Å². The molecule has 0 fully saturated rings. The van der Waals surface area contributed by atoms with E-state index < -0.39 is 17.8 Å². The van der Waals surface area contributed by atoms with E-state index in [-0.39, 0.29) is 23.7 Å². The molecule has 0 spiro atoms. The summed E-state index contributed by atoms with van der Waals surface area (Å²) in [6.07, 6.45) is 3.73. The van der Waals surface area contributed by atoms with Gasteiger partial charge in [0.2, 0.25) is 0 Å². The summed E-state index contributed by atoms with van der Waals surface area (Å²) in [4.78, 5) is 14.0. The molecule has 2 bridgehead atoms. The Labute approximate surface area is 202 Å². The van der Waals surface area contributed by atoms with E-state index >= 15 is 0 Å². The van der Waals surface area contributed by atoms with Crippen molar-refractivity contribution >= 4 is 35.5 Å². The Morgan fingerprint density at radius 3 is 2.32 bits per heavy atom. The van der Waals surface area contributed by atoms with Gasteiger partial charge in [-0.2, -0.15) is 0 Å². The van der Waals surface area contributed by atoms with Crippen molar-refractivity contribution in [2.45, 2.75) is 12.6 Å². The van der Waals surface area contributed by atoms with Crippen molar-refractivity contribution in [3.05, 3.63) is 125 Å². The number of anilines is 1. The predicted octanol–water partition coefficient (Wildman–Crippen LogP) is 6.16. The minimum Gasteiger partial charge on any atom is -0.507 e. The maximum atomic E-state index is 14.0. The van der Waals surface area contributed by atoms with E-state index in [2.05, 4.69) is 18.2 Å². The molecule has 3 aromatic carbocycles. The molecule has 0 heterocycles. The van der Waals surface area contributed by atoms with Crippen LogP contribution in [-0.4, -0.2) is 16.9 Å². The van der Waals surface area contributed by atoms with E-state index in [0.717, 1.165) is 22.4 Å². The van der Waals surface area contributed by atoms with Gasteiger partial charge in [0.1, 0.15) is 11.6 Å². The molecular formula is C28H22FNO3S. The van der Waals surface area contributed by atoms with Crippen LogP contribution in [0.5, 0.6) is 0 Å². The van der Waals surface area contributed by atoms with Crippen molar-refractivity contribution in [3.8, 4) is 0 Å². The number of allylic oxidation sites excluding steroid dienone is 3. The topological polar surface area (TPSA) is 58.6 Å². The number of hydrogen-bond donors (Lipinski definition) is 3. The molecule has 6 heteroatoms. The molecule has 34 heavy (non-hydrogen) atoms. The van der Waals surface area contributed by atoms with Crippen LogP contribution in [0.2, 0.25) is 0 Å². The third-order valence-electron chi connectivity index (χ3n) is 6.26. The number of Topliss-reactive ketones (excluding diaryl/α,β-unsaturated/α-hetero) is 1. The Balaban J connectivity index is 1.66. The normalized spacial score (nSPS) is 19.5. The summed E-state index contributed by atoms with van der Waals surface area (Å²) in [6.45, 7) is 0.275. The number of hydrogen-bond acceptors (Lipinski definition) is 5. The maximum absolute atomic E-state index is 14.0. The lowest BCUT2D eigenvalue weighted by Crippen LogP contribution is -2.43. The molecule has 170 valence electrons. The van der Waals surface area contributed by atoms with E-state index in [4.69, 9.17) is 4.18 Å². The van der Waals surface area contributed by atoms with Gasteiger partial charge in [-0.1, -0.05) is 66.7 Å². The fraction of sp³-hybridized carbons (Fsp3) is 0.107. The molecule has 0 saturated carbocycles. The molecule has 3 aromatic rings. The molecule has 0 aromatic heterocycles. The molecule has 2 unspecified atom stereocenters. The fourth-order valence-corrected chi connectivity index (χ4v) is 4.85. The fourth-order valence-electron chi connectivity index (χ4n) is 4.71. The lowest BCUT2D eigenvalue weighted by molar-refractivity contribution is -0.116. The summed E-state index contributed by atoms with van der Waals surface area (Å²) in [5, 5.41) is 14.7. The second-order valence-electron chi connectivity index (χ2n) is 8.24. The summed E-state index contributed by atoms with van der Waals surface area (Å²) < 4.78 is 18.7. The number of benzene rings is 3. The molecule has 0 aliphatic heterocycles. The quantitative estimate of drug-likeness (QED) is 0.298. The van der Waals surface area contributed by atoms with Gasteiger partial charge in [0.25, 0.3) is 0 Å². The van der Waals surface area contributed by atoms with Crippen molar-refractivity contribution in [2.24, 2.45) is 5.92 Å². The van der Waals surface area contributed by atoms with Crippen LogP contribution in [0, 0.1) is 11.7 Å². The lowest BCUT2D eigenvalue weighted by atomic mass is 9.69. The van der Waals surface area contributed by atoms with E-state index in [9.17, 15) is 14.3 Å². The van der Waals surface area contributed by atoms with Crippen LogP contribution in [0.15, 0.2) is 102 Å². The lowest BCUT2D eigenvalue weighted by Gasteiger charge is -2.39. The van der Waals surface area contributed by atoms with Crippen molar-refractivity contribution in [1.82, 2.24) is 0 Å². The number of rotatable bonds is 6. The molecule has 0 radical (unpaired) electrons. The van der Waals surface area contributed by atoms with Gasteiger partial charge in [0.05, 0.1) is 24.1 Å². The predicted molar refractivity (Wildman–Crippen MR) is 135 cm³/mol. The Hall–Kier alpha value is -3.61. The van der Waals surface area contributed by atoms with E-state index in [1.807, 2.05) is 66.7 Å². The number of carbonyl (C=O) groups excluding carboxylic acids is 1. The second-order valence-corrected chi connectivity index (χ2v) is 8.49. The zero-order valence-corrected chi connectivity index (χ0v) is 19.0. The highest BCUT2D eigenvalue weighted by Crippen LogP contribution is 2.46. The average molecular weight is 472 g/mol.